The van der Waals surface area contributed by atoms with E-state index in [0.717, 1.165) is 17.0 Å². The van der Waals surface area contributed by atoms with Crippen molar-refractivity contribution in [2.45, 2.75) is 26.0 Å². The molecule has 10 nitrogen and oxygen atoms in total. The molecule has 2 aliphatic rings. The lowest BCUT2D eigenvalue weighted by molar-refractivity contribution is -0.114. The normalized spacial score (nSPS) is 16.6. The topological polar surface area (TPSA) is 139 Å². The van der Waals surface area contributed by atoms with E-state index in [1.165, 1.54) is 50.3 Å². The minimum absolute atomic E-state index is 0.00978. The van der Waals surface area contributed by atoms with Crippen LogP contribution in [0.4, 0.5) is 4.39 Å². The van der Waals surface area contributed by atoms with E-state index in [1.807, 2.05) is 0 Å². The summed E-state index contributed by atoms with van der Waals surface area (Å²) in [6, 6.07) is 9.34. The van der Waals surface area contributed by atoms with E-state index in [4.69, 9.17) is 14.9 Å². The number of amides is 1. The maximum atomic E-state index is 13.2. The zero-order valence-corrected chi connectivity index (χ0v) is 21.5. The first-order valence-electron chi connectivity index (χ1n) is 11.0. The number of carbonyl (C=O) groups excluding carboxylic acids is 2. The molecule has 0 saturated carbocycles. The second-order valence-corrected chi connectivity index (χ2v) is 11.2. The number of fused-ring (bicyclic) bond motifs is 1. The third-order valence-corrected chi connectivity index (χ3v) is 8.07. The van der Waals surface area contributed by atoms with Crippen LogP contribution in [0.2, 0.25) is 0 Å². The summed E-state index contributed by atoms with van der Waals surface area (Å²) in [6.07, 6.45) is 1.36. The number of sulfone groups is 1. The summed E-state index contributed by atoms with van der Waals surface area (Å²) in [4.78, 5) is 30.1. The molecule has 0 fully saturated rings. The predicted molar refractivity (Wildman–Crippen MR) is 138 cm³/mol. The minimum atomic E-state index is -3.84. The molecule has 1 amide bonds. The lowest BCUT2D eigenvalue weighted by atomic mass is 10.1. The quantitative estimate of drug-likeness (QED) is 0.251. The van der Waals surface area contributed by atoms with Gasteiger partial charge in [-0.1, -0.05) is 6.07 Å². The highest BCUT2D eigenvalue weighted by Crippen LogP contribution is 2.33. The highest BCUT2D eigenvalue weighted by atomic mass is 32.2. The van der Waals surface area contributed by atoms with Gasteiger partial charge in [-0.05, 0) is 68.8 Å². The Morgan fingerprint density at radius 3 is 2.54 bits per heavy atom. The molecule has 2 aliphatic heterocycles. The van der Waals surface area contributed by atoms with Crippen molar-refractivity contribution >= 4 is 55.9 Å². The Hall–Kier alpha value is -3.84. The monoisotopic (exact) mass is 544 g/mol. The Morgan fingerprint density at radius 2 is 1.89 bits per heavy atom. The zero-order chi connectivity index (χ0) is 26.9. The van der Waals surface area contributed by atoms with Crippen LogP contribution in [-0.2, 0) is 14.6 Å². The van der Waals surface area contributed by atoms with Crippen LogP contribution in [0.1, 0.15) is 36.7 Å². The molecule has 0 aromatic heterocycles. The maximum Gasteiger partial charge on any atom is 0.343 e. The van der Waals surface area contributed by atoms with Gasteiger partial charge in [-0.25, -0.2) is 22.5 Å². The van der Waals surface area contributed by atoms with Crippen molar-refractivity contribution in [3.63, 3.8) is 0 Å². The van der Waals surface area contributed by atoms with Crippen molar-refractivity contribution < 1.29 is 31.9 Å². The standard InChI is InChI=1S/C24H21FN4O6S2/c1-4-34-19-12-14(5-10-18(19)35-22(31)15-6-8-16(25)9-7-15)11-17-20(26)29-23(27-21(17)30)36-28-24(29)37(32,33)13(2)3/h5-13,26H,4H2,1-3H3/b17-11-,26-20?. The Bertz CT molecular complexity index is 1500. The number of aliphatic imine (C=N–C) groups is 1. The Balaban J connectivity index is 1.65. The third-order valence-electron chi connectivity index (χ3n) is 5.23. The number of hydrogen-bond donors (Lipinski definition) is 1. The molecule has 0 atom stereocenters. The van der Waals surface area contributed by atoms with Crippen LogP contribution < -0.4 is 9.47 Å². The van der Waals surface area contributed by atoms with Gasteiger partial charge in [-0.15, -0.1) is 0 Å². The number of carbonyl (C=O) groups is 2. The molecule has 2 heterocycles. The summed E-state index contributed by atoms with van der Waals surface area (Å²) in [6.45, 7) is 4.95. The SMILES string of the molecule is CCOc1cc(/C=C2/C(=N)N3C(=NC2=O)SN=C3S(=O)(=O)C(C)C)ccc1OC(=O)c1ccc(F)cc1. The highest BCUT2D eigenvalue weighted by Gasteiger charge is 2.43. The van der Waals surface area contributed by atoms with Gasteiger partial charge in [0.25, 0.3) is 5.91 Å². The van der Waals surface area contributed by atoms with Crippen LogP contribution >= 0.6 is 11.9 Å². The fourth-order valence-electron chi connectivity index (χ4n) is 3.27. The summed E-state index contributed by atoms with van der Waals surface area (Å²) < 4.78 is 53.5. The van der Waals surface area contributed by atoms with Gasteiger partial charge in [0.05, 0.1) is 34.9 Å². The van der Waals surface area contributed by atoms with Crippen LogP contribution in [0.25, 0.3) is 6.08 Å². The van der Waals surface area contributed by atoms with Crippen molar-refractivity contribution in [2.75, 3.05) is 6.61 Å². The number of nitrogens with zero attached hydrogens (tertiary/aromatic N) is 3. The van der Waals surface area contributed by atoms with E-state index in [-0.39, 0.29) is 45.4 Å². The second kappa shape index (κ2) is 10.3. The summed E-state index contributed by atoms with van der Waals surface area (Å²) in [7, 11) is -3.84. The first-order valence-corrected chi connectivity index (χ1v) is 13.3. The molecular weight excluding hydrogens is 523 g/mol. The van der Waals surface area contributed by atoms with E-state index in [0.29, 0.717) is 17.5 Å². The van der Waals surface area contributed by atoms with Gasteiger partial charge in [0.15, 0.2) is 11.5 Å². The van der Waals surface area contributed by atoms with E-state index < -0.39 is 32.8 Å². The van der Waals surface area contributed by atoms with Gasteiger partial charge in [-0.2, -0.15) is 9.39 Å². The Labute approximate surface area is 216 Å². The number of amidine groups is 3. The minimum Gasteiger partial charge on any atom is -0.490 e. The second-order valence-electron chi connectivity index (χ2n) is 8.04. The fraction of sp³-hybridized carbons (Fsp3) is 0.208. The average molecular weight is 545 g/mol. The van der Waals surface area contributed by atoms with Crippen molar-refractivity contribution in [1.29, 1.82) is 5.41 Å². The van der Waals surface area contributed by atoms with E-state index in [1.54, 1.807) is 6.92 Å². The van der Waals surface area contributed by atoms with E-state index in [9.17, 15) is 22.4 Å². The lowest BCUT2D eigenvalue weighted by Crippen LogP contribution is -2.46. The fourth-order valence-corrected chi connectivity index (χ4v) is 5.34. The van der Waals surface area contributed by atoms with Crippen molar-refractivity contribution in [3.8, 4) is 11.5 Å². The number of esters is 1. The number of rotatable bonds is 6. The Morgan fingerprint density at radius 1 is 1.19 bits per heavy atom. The smallest absolute Gasteiger partial charge is 0.343 e. The Kier molecular flexibility index (Phi) is 7.28. The zero-order valence-electron chi connectivity index (χ0n) is 19.9. The summed E-state index contributed by atoms with van der Waals surface area (Å²) in [5, 5.41) is 7.40. The molecular formula is C24H21FN4O6S2. The van der Waals surface area contributed by atoms with Crippen molar-refractivity contribution in [3.05, 3.63) is 65.0 Å². The first kappa shape index (κ1) is 26.2. The van der Waals surface area contributed by atoms with Gasteiger partial charge in [-0.3, -0.25) is 10.2 Å². The maximum absolute atomic E-state index is 13.2. The van der Waals surface area contributed by atoms with Crippen LogP contribution in [0.3, 0.4) is 0 Å². The molecule has 0 aliphatic carbocycles. The summed E-state index contributed by atoms with van der Waals surface area (Å²) in [5.74, 6) is -2.04. The molecule has 13 heteroatoms. The summed E-state index contributed by atoms with van der Waals surface area (Å²) >= 11 is 0.717. The van der Waals surface area contributed by atoms with Gasteiger partial charge in [0.2, 0.25) is 20.2 Å². The lowest BCUT2D eigenvalue weighted by Gasteiger charge is -2.25. The molecule has 0 bridgehead atoms. The van der Waals surface area contributed by atoms with Crippen LogP contribution in [0, 0.1) is 11.2 Å². The van der Waals surface area contributed by atoms with E-state index >= 15 is 0 Å². The van der Waals surface area contributed by atoms with Gasteiger partial charge in [0, 0.05) is 0 Å². The van der Waals surface area contributed by atoms with Crippen molar-refractivity contribution in [1.82, 2.24) is 4.90 Å². The number of nitrogens with one attached hydrogen (secondary N) is 1. The van der Waals surface area contributed by atoms with Crippen molar-refractivity contribution in [2.24, 2.45) is 9.39 Å². The average Bonchev–Trinajstić information content (AvgIpc) is 3.28. The molecule has 1 N–H and O–H groups in total. The highest BCUT2D eigenvalue weighted by molar-refractivity contribution is 8.16. The molecule has 0 spiro atoms. The number of hydrogen-bond acceptors (Lipinski definition) is 9. The first-order chi connectivity index (χ1) is 17.5. The van der Waals surface area contributed by atoms with Gasteiger partial charge in [0.1, 0.15) is 11.7 Å². The van der Waals surface area contributed by atoms with Gasteiger partial charge < -0.3 is 9.47 Å². The van der Waals surface area contributed by atoms with Crippen LogP contribution in [-0.4, -0.2) is 53.2 Å². The molecule has 2 aromatic rings. The largest absolute Gasteiger partial charge is 0.490 e. The molecule has 0 saturated heterocycles. The molecule has 4 rings (SSSR count). The summed E-state index contributed by atoms with van der Waals surface area (Å²) in [5.41, 5.74) is 0.396. The molecule has 192 valence electrons. The molecule has 0 radical (unpaired) electrons. The van der Waals surface area contributed by atoms with Gasteiger partial charge >= 0.3 is 5.97 Å². The predicted octanol–water partition coefficient (Wildman–Crippen LogP) is 3.84. The molecule has 37 heavy (non-hydrogen) atoms. The number of ether oxygens (including phenoxy) is 2. The van der Waals surface area contributed by atoms with Crippen LogP contribution in [0.5, 0.6) is 11.5 Å². The van der Waals surface area contributed by atoms with Crippen LogP contribution in [0.15, 0.2) is 57.4 Å². The number of benzene rings is 2. The molecule has 2 aromatic carbocycles. The third kappa shape index (κ3) is 5.18. The molecule has 0 unspecified atom stereocenters. The number of halogens is 1. The van der Waals surface area contributed by atoms with E-state index in [2.05, 4.69) is 9.39 Å².